The van der Waals surface area contributed by atoms with E-state index in [9.17, 15) is 9.90 Å². The van der Waals surface area contributed by atoms with Crippen LogP contribution in [0.25, 0.3) is 0 Å². The quantitative estimate of drug-likeness (QED) is 0.771. The zero-order valence-electron chi connectivity index (χ0n) is 10.3. The summed E-state index contributed by atoms with van der Waals surface area (Å²) in [6.45, 7) is 0.149. The van der Waals surface area contributed by atoms with Gasteiger partial charge in [0.15, 0.2) is 0 Å². The Hall–Kier alpha value is -1.69. The molecule has 2 atom stereocenters. The largest absolute Gasteiger partial charge is 0.465 e. The molecule has 18 heavy (non-hydrogen) atoms. The van der Waals surface area contributed by atoms with Crippen LogP contribution in [-0.4, -0.2) is 40.8 Å². The molecular weight excluding hydrogens is 234 g/mol. The minimum Gasteiger partial charge on any atom is -0.465 e. The Bertz CT molecular complexity index is 425. The molecule has 1 heterocycles. The highest BCUT2D eigenvalue weighted by Crippen LogP contribution is 2.28. The van der Waals surface area contributed by atoms with Crippen LogP contribution in [0.3, 0.4) is 0 Å². The molecule has 1 aromatic rings. The number of nitrogens with zero attached hydrogens (tertiary/aromatic N) is 2. The second-order valence-electron chi connectivity index (χ2n) is 4.40. The van der Waals surface area contributed by atoms with Gasteiger partial charge in [-0.2, -0.15) is 0 Å². The Kier molecular flexibility index (Phi) is 4.09. The number of ether oxygens (including phenoxy) is 1. The minimum absolute atomic E-state index is 0.147. The van der Waals surface area contributed by atoms with E-state index in [1.807, 2.05) is 0 Å². The van der Waals surface area contributed by atoms with Crippen molar-refractivity contribution in [3.63, 3.8) is 0 Å². The number of methoxy groups -OCH3 is 1. The summed E-state index contributed by atoms with van der Waals surface area (Å²) in [6, 6.07) is 0.147. The molecule has 1 aliphatic rings. The molecule has 1 fully saturated rings. The van der Waals surface area contributed by atoms with Crippen LogP contribution in [0.4, 0.5) is 5.82 Å². The number of carbonyl (C=O) groups is 1. The number of aliphatic hydroxyl groups is 1. The second-order valence-corrected chi connectivity index (χ2v) is 4.40. The number of aliphatic hydroxyl groups excluding tert-OH is 1. The monoisotopic (exact) mass is 251 g/mol. The molecule has 0 aliphatic heterocycles. The number of nitrogens with one attached hydrogen (secondary N) is 1. The van der Waals surface area contributed by atoms with Crippen molar-refractivity contribution in [3.05, 3.63) is 18.1 Å². The van der Waals surface area contributed by atoms with Gasteiger partial charge in [-0.15, -0.1) is 0 Å². The van der Waals surface area contributed by atoms with E-state index in [4.69, 9.17) is 0 Å². The van der Waals surface area contributed by atoms with Gasteiger partial charge in [0.2, 0.25) is 0 Å². The average Bonchev–Trinajstić information content (AvgIpc) is 2.86. The van der Waals surface area contributed by atoms with E-state index in [0.717, 1.165) is 19.3 Å². The molecule has 1 aliphatic carbocycles. The van der Waals surface area contributed by atoms with Gasteiger partial charge in [-0.3, -0.25) is 0 Å². The van der Waals surface area contributed by atoms with Gasteiger partial charge in [-0.25, -0.2) is 14.8 Å². The van der Waals surface area contributed by atoms with E-state index >= 15 is 0 Å². The SMILES string of the molecule is COC(=O)c1cncnc1NC1CCCC1CO. The topological polar surface area (TPSA) is 84.3 Å². The number of hydrogen-bond acceptors (Lipinski definition) is 6. The fourth-order valence-corrected chi connectivity index (χ4v) is 2.32. The molecule has 0 aromatic carbocycles. The zero-order valence-corrected chi connectivity index (χ0v) is 10.3. The van der Waals surface area contributed by atoms with Crippen molar-refractivity contribution in [2.75, 3.05) is 19.0 Å². The lowest BCUT2D eigenvalue weighted by Crippen LogP contribution is -2.28. The second kappa shape index (κ2) is 5.77. The predicted molar refractivity (Wildman–Crippen MR) is 65.2 cm³/mol. The summed E-state index contributed by atoms with van der Waals surface area (Å²) in [4.78, 5) is 19.5. The number of carbonyl (C=O) groups excluding carboxylic acids is 1. The third-order valence-corrected chi connectivity index (χ3v) is 3.33. The lowest BCUT2D eigenvalue weighted by molar-refractivity contribution is 0.0601. The first kappa shape index (κ1) is 12.8. The normalized spacial score (nSPS) is 22.8. The Balaban J connectivity index is 2.16. The van der Waals surface area contributed by atoms with Crippen LogP contribution in [0.5, 0.6) is 0 Å². The maximum Gasteiger partial charge on any atom is 0.343 e. The van der Waals surface area contributed by atoms with Gasteiger partial charge in [0.25, 0.3) is 0 Å². The Morgan fingerprint density at radius 2 is 2.44 bits per heavy atom. The summed E-state index contributed by atoms with van der Waals surface area (Å²) in [5, 5.41) is 12.5. The molecule has 1 aromatic heterocycles. The molecule has 98 valence electrons. The van der Waals surface area contributed by atoms with Crippen molar-refractivity contribution >= 4 is 11.8 Å². The first-order valence-electron chi connectivity index (χ1n) is 6.02. The van der Waals surface area contributed by atoms with Gasteiger partial charge in [0.05, 0.1) is 7.11 Å². The van der Waals surface area contributed by atoms with Crippen molar-refractivity contribution in [2.24, 2.45) is 5.92 Å². The molecule has 2 N–H and O–H groups in total. The van der Waals surface area contributed by atoms with Crippen LogP contribution in [0.1, 0.15) is 29.6 Å². The Morgan fingerprint density at radius 1 is 1.61 bits per heavy atom. The fraction of sp³-hybridized carbons (Fsp3) is 0.583. The van der Waals surface area contributed by atoms with Crippen LogP contribution < -0.4 is 5.32 Å². The fourth-order valence-electron chi connectivity index (χ4n) is 2.32. The Morgan fingerprint density at radius 3 is 3.17 bits per heavy atom. The van der Waals surface area contributed by atoms with Gasteiger partial charge in [0.1, 0.15) is 17.7 Å². The van der Waals surface area contributed by atoms with E-state index in [2.05, 4.69) is 20.0 Å². The molecule has 2 unspecified atom stereocenters. The van der Waals surface area contributed by atoms with Crippen molar-refractivity contribution in [3.8, 4) is 0 Å². The highest BCUT2D eigenvalue weighted by molar-refractivity contribution is 5.94. The number of anilines is 1. The first-order valence-corrected chi connectivity index (χ1v) is 6.02. The maximum atomic E-state index is 11.6. The van der Waals surface area contributed by atoms with Crippen molar-refractivity contribution in [2.45, 2.75) is 25.3 Å². The highest BCUT2D eigenvalue weighted by Gasteiger charge is 2.28. The molecule has 0 radical (unpaired) electrons. The molecule has 6 nitrogen and oxygen atoms in total. The standard InChI is InChI=1S/C12H17N3O3/c1-18-12(17)9-5-13-7-14-11(9)15-10-4-2-3-8(10)6-16/h5,7-8,10,16H,2-4,6H2,1H3,(H,13,14,15). The van der Waals surface area contributed by atoms with Crippen LogP contribution in [0.15, 0.2) is 12.5 Å². The van der Waals surface area contributed by atoms with Crippen LogP contribution >= 0.6 is 0 Å². The maximum absolute atomic E-state index is 11.6. The molecule has 0 amide bonds. The molecule has 0 spiro atoms. The molecule has 6 heteroatoms. The van der Waals surface area contributed by atoms with E-state index < -0.39 is 5.97 Å². The Labute approximate surface area is 105 Å². The van der Waals surface area contributed by atoms with Crippen molar-refractivity contribution in [1.82, 2.24) is 9.97 Å². The van der Waals surface area contributed by atoms with E-state index in [-0.39, 0.29) is 18.6 Å². The first-order chi connectivity index (χ1) is 8.76. The van der Waals surface area contributed by atoms with E-state index in [0.29, 0.717) is 11.4 Å². The number of esters is 1. The molecule has 1 saturated carbocycles. The summed E-state index contributed by atoms with van der Waals surface area (Å²) in [5.41, 5.74) is 0.323. The minimum atomic E-state index is -0.461. The van der Waals surface area contributed by atoms with Crippen molar-refractivity contribution in [1.29, 1.82) is 0 Å². The third kappa shape index (κ3) is 2.59. The number of aromatic nitrogens is 2. The van der Waals surface area contributed by atoms with Gasteiger partial charge in [-0.05, 0) is 12.8 Å². The number of rotatable bonds is 4. The lowest BCUT2D eigenvalue weighted by Gasteiger charge is -2.20. The molecule has 2 rings (SSSR count). The van der Waals surface area contributed by atoms with Gasteiger partial charge < -0.3 is 15.2 Å². The summed E-state index contributed by atoms with van der Waals surface area (Å²) in [7, 11) is 1.32. The smallest absolute Gasteiger partial charge is 0.343 e. The lowest BCUT2D eigenvalue weighted by atomic mass is 10.1. The van der Waals surface area contributed by atoms with Gasteiger partial charge in [-0.1, -0.05) is 6.42 Å². The third-order valence-electron chi connectivity index (χ3n) is 3.33. The number of hydrogen-bond donors (Lipinski definition) is 2. The summed E-state index contributed by atoms with van der Waals surface area (Å²) in [6.07, 6.45) is 5.85. The van der Waals surface area contributed by atoms with Gasteiger partial charge in [0, 0.05) is 24.8 Å². The molecule has 0 saturated heterocycles. The van der Waals surface area contributed by atoms with Crippen molar-refractivity contribution < 1.29 is 14.6 Å². The van der Waals surface area contributed by atoms with Crippen LogP contribution in [-0.2, 0) is 4.74 Å². The predicted octanol–water partition coefficient (Wildman–Crippen LogP) is 0.836. The average molecular weight is 251 g/mol. The molecule has 0 bridgehead atoms. The summed E-state index contributed by atoms with van der Waals surface area (Å²) < 4.78 is 4.69. The molecular formula is C12H17N3O3. The van der Waals surface area contributed by atoms with Gasteiger partial charge >= 0.3 is 5.97 Å². The van der Waals surface area contributed by atoms with Crippen LogP contribution in [0, 0.1) is 5.92 Å². The van der Waals surface area contributed by atoms with E-state index in [1.165, 1.54) is 19.6 Å². The van der Waals surface area contributed by atoms with Crippen LogP contribution in [0.2, 0.25) is 0 Å². The summed E-state index contributed by atoms with van der Waals surface area (Å²) in [5.74, 6) is 0.226. The summed E-state index contributed by atoms with van der Waals surface area (Å²) >= 11 is 0. The van der Waals surface area contributed by atoms with E-state index in [1.54, 1.807) is 0 Å². The zero-order chi connectivity index (χ0) is 13.0. The highest BCUT2D eigenvalue weighted by atomic mass is 16.5.